The molecule has 3 heterocycles. The first-order valence-corrected chi connectivity index (χ1v) is 10.7. The van der Waals surface area contributed by atoms with Crippen LogP contribution in [0, 0.1) is 0 Å². The molecule has 1 aliphatic heterocycles. The number of rotatable bonds is 5. The minimum Gasteiger partial charge on any atom is -0.404 e. The number of nitrogens with one attached hydrogen (secondary N) is 1. The number of alkyl halides is 3. The first-order chi connectivity index (χ1) is 14.8. The second-order valence-corrected chi connectivity index (χ2v) is 8.32. The second-order valence-electron chi connectivity index (χ2n) is 7.05. The molecule has 0 spiro atoms. The molecule has 1 N–H and O–H groups in total. The van der Waals surface area contributed by atoms with E-state index < -0.39 is 12.1 Å². The highest BCUT2D eigenvalue weighted by atomic mass is 35.5. The van der Waals surface area contributed by atoms with Crippen molar-refractivity contribution in [1.29, 1.82) is 0 Å². The predicted molar refractivity (Wildman–Crippen MR) is 116 cm³/mol. The Morgan fingerprint density at radius 3 is 2.55 bits per heavy atom. The molecule has 2 aromatic heterocycles. The highest BCUT2D eigenvalue weighted by molar-refractivity contribution is 7.14. The molecule has 1 aromatic carbocycles. The Balaban J connectivity index is 1.42. The number of piperazine rings is 1. The van der Waals surface area contributed by atoms with Crippen LogP contribution in [0.2, 0.25) is 5.02 Å². The summed E-state index contributed by atoms with van der Waals surface area (Å²) in [6, 6.07) is 7.94. The lowest BCUT2D eigenvalue weighted by atomic mass is 10.2. The molecule has 11 heteroatoms. The van der Waals surface area contributed by atoms with Crippen LogP contribution in [0.1, 0.15) is 0 Å². The summed E-state index contributed by atoms with van der Waals surface area (Å²) in [5, 5.41) is 5.36. The van der Waals surface area contributed by atoms with Crippen LogP contribution in [0.3, 0.4) is 0 Å². The predicted octanol–water partition coefficient (Wildman–Crippen LogP) is 5.25. The molecule has 6 nitrogen and oxygen atoms in total. The van der Waals surface area contributed by atoms with Crippen LogP contribution in [0.15, 0.2) is 41.9 Å². The van der Waals surface area contributed by atoms with Gasteiger partial charge in [0.05, 0.1) is 10.7 Å². The third-order valence-electron chi connectivity index (χ3n) is 4.78. The summed E-state index contributed by atoms with van der Waals surface area (Å²) in [5.74, 6) is 0.493. The molecule has 164 valence electrons. The van der Waals surface area contributed by atoms with Crippen LogP contribution in [0.4, 0.5) is 29.8 Å². The van der Waals surface area contributed by atoms with E-state index in [9.17, 15) is 13.2 Å². The summed E-state index contributed by atoms with van der Waals surface area (Å²) in [6.07, 6.45) is -3.00. The molecule has 0 unspecified atom stereocenters. The molecule has 0 bridgehead atoms. The van der Waals surface area contributed by atoms with E-state index in [-0.39, 0.29) is 5.02 Å². The van der Waals surface area contributed by atoms with Gasteiger partial charge in [-0.25, -0.2) is 9.97 Å². The molecule has 0 saturated carbocycles. The molecule has 0 amide bonds. The molecule has 3 aromatic rings. The Morgan fingerprint density at radius 2 is 1.90 bits per heavy atom. The molecular formula is C20H19ClF3N5OS. The maximum atomic E-state index is 12.4. The average Bonchev–Trinajstić information content (AvgIpc) is 3.18. The number of nitrogens with zero attached hydrogens (tertiary/aromatic N) is 4. The number of anilines is 3. The van der Waals surface area contributed by atoms with E-state index >= 15 is 0 Å². The van der Waals surface area contributed by atoms with Crippen LogP contribution in [-0.4, -0.2) is 54.5 Å². The van der Waals surface area contributed by atoms with Crippen LogP contribution in [0.5, 0.6) is 5.75 Å². The van der Waals surface area contributed by atoms with E-state index in [2.05, 4.69) is 36.9 Å². The SMILES string of the molecule is CN1CCN(c2ccc(-c3csc(Nc4ccc(OC(F)(F)F)c(Cl)c4)n3)cn2)CC1. The highest BCUT2D eigenvalue weighted by Gasteiger charge is 2.32. The Labute approximate surface area is 186 Å². The zero-order valence-electron chi connectivity index (χ0n) is 16.5. The zero-order chi connectivity index (χ0) is 22.0. The van der Waals surface area contributed by atoms with Crippen LogP contribution < -0.4 is 15.0 Å². The largest absolute Gasteiger partial charge is 0.573 e. The number of likely N-dealkylation sites (N-methyl/N-ethyl adjacent to an activating group) is 1. The van der Waals surface area contributed by atoms with Gasteiger partial charge in [-0.1, -0.05) is 11.6 Å². The molecule has 4 rings (SSSR count). The van der Waals surface area contributed by atoms with Gasteiger partial charge >= 0.3 is 6.36 Å². The lowest BCUT2D eigenvalue weighted by Gasteiger charge is -2.33. The van der Waals surface area contributed by atoms with E-state index in [1.54, 1.807) is 6.20 Å². The fourth-order valence-corrected chi connectivity index (χ4v) is 4.09. The molecule has 0 atom stereocenters. The number of ether oxygens (including phenoxy) is 1. The van der Waals surface area contributed by atoms with Crippen molar-refractivity contribution in [3.05, 3.63) is 46.9 Å². The summed E-state index contributed by atoms with van der Waals surface area (Å²) in [7, 11) is 2.11. The minimum atomic E-state index is -4.79. The van der Waals surface area contributed by atoms with Gasteiger partial charge in [-0.2, -0.15) is 0 Å². The second kappa shape index (κ2) is 8.89. The molecule has 31 heavy (non-hydrogen) atoms. The van der Waals surface area contributed by atoms with Gasteiger partial charge in [0.25, 0.3) is 0 Å². The quantitative estimate of drug-likeness (QED) is 0.550. The number of halogens is 4. The van der Waals surface area contributed by atoms with Crippen LogP contribution in [0.25, 0.3) is 11.3 Å². The van der Waals surface area contributed by atoms with Crippen molar-refractivity contribution in [3.8, 4) is 17.0 Å². The monoisotopic (exact) mass is 469 g/mol. The standard InChI is InChI=1S/C20H19ClF3N5OS/c1-28-6-8-29(9-7-28)18-5-2-13(11-25-18)16-12-31-19(27-16)26-14-3-4-17(15(21)10-14)30-20(22,23)24/h2-5,10-12H,6-9H2,1H3,(H,26,27). The number of benzene rings is 1. The van der Waals surface area contributed by atoms with E-state index in [1.807, 2.05) is 17.5 Å². The van der Waals surface area contributed by atoms with Crippen molar-refractivity contribution in [2.24, 2.45) is 0 Å². The van der Waals surface area contributed by atoms with Crippen molar-refractivity contribution < 1.29 is 17.9 Å². The van der Waals surface area contributed by atoms with Gasteiger partial charge in [-0.15, -0.1) is 24.5 Å². The van der Waals surface area contributed by atoms with Gasteiger partial charge in [0, 0.05) is 49.0 Å². The normalized spacial score (nSPS) is 15.2. The Morgan fingerprint density at radius 1 is 1.13 bits per heavy atom. The lowest BCUT2D eigenvalue weighted by molar-refractivity contribution is -0.274. The molecule has 0 aliphatic carbocycles. The van der Waals surface area contributed by atoms with E-state index in [1.165, 1.54) is 23.5 Å². The Hall–Kier alpha value is -2.56. The van der Waals surface area contributed by atoms with Gasteiger partial charge < -0.3 is 19.9 Å². The first-order valence-electron chi connectivity index (χ1n) is 9.44. The maximum absolute atomic E-state index is 12.4. The fraction of sp³-hybridized carbons (Fsp3) is 0.300. The first kappa shape index (κ1) is 21.7. The van der Waals surface area contributed by atoms with Crippen molar-refractivity contribution in [2.45, 2.75) is 6.36 Å². The van der Waals surface area contributed by atoms with Crippen molar-refractivity contribution >= 4 is 39.6 Å². The Bertz CT molecular complexity index is 1040. The van der Waals surface area contributed by atoms with E-state index in [0.717, 1.165) is 49.3 Å². The zero-order valence-corrected chi connectivity index (χ0v) is 18.1. The number of thiazole rings is 1. The molecule has 1 aliphatic rings. The van der Waals surface area contributed by atoms with E-state index in [4.69, 9.17) is 11.6 Å². The third-order valence-corrected chi connectivity index (χ3v) is 5.84. The summed E-state index contributed by atoms with van der Waals surface area (Å²) in [6.45, 7) is 3.92. The number of pyridine rings is 1. The topological polar surface area (TPSA) is 53.5 Å². The molecule has 0 radical (unpaired) electrons. The Kier molecular flexibility index (Phi) is 6.22. The molecule has 1 fully saturated rings. The highest BCUT2D eigenvalue weighted by Crippen LogP contribution is 2.34. The van der Waals surface area contributed by atoms with Gasteiger partial charge in [-0.05, 0) is 37.4 Å². The van der Waals surface area contributed by atoms with Gasteiger partial charge in [0.1, 0.15) is 11.6 Å². The number of aromatic nitrogens is 2. The van der Waals surface area contributed by atoms with Gasteiger partial charge in [0.15, 0.2) is 5.13 Å². The minimum absolute atomic E-state index is 0.150. The van der Waals surface area contributed by atoms with Crippen LogP contribution >= 0.6 is 22.9 Å². The fourth-order valence-electron chi connectivity index (χ4n) is 3.13. The average molecular weight is 470 g/mol. The van der Waals surface area contributed by atoms with Crippen LogP contribution in [-0.2, 0) is 0 Å². The summed E-state index contributed by atoms with van der Waals surface area (Å²) < 4.78 is 41.0. The maximum Gasteiger partial charge on any atom is 0.573 e. The molecular weight excluding hydrogens is 451 g/mol. The lowest BCUT2D eigenvalue weighted by Crippen LogP contribution is -2.44. The van der Waals surface area contributed by atoms with Gasteiger partial charge in [-0.3, -0.25) is 0 Å². The van der Waals surface area contributed by atoms with E-state index in [0.29, 0.717) is 10.8 Å². The third kappa shape index (κ3) is 5.57. The van der Waals surface area contributed by atoms with Gasteiger partial charge in [0.2, 0.25) is 0 Å². The summed E-state index contributed by atoms with van der Waals surface area (Å²) in [5.41, 5.74) is 2.14. The molecule has 1 saturated heterocycles. The van der Waals surface area contributed by atoms with Crippen molar-refractivity contribution in [3.63, 3.8) is 0 Å². The number of hydrogen-bond donors (Lipinski definition) is 1. The summed E-state index contributed by atoms with van der Waals surface area (Å²) in [4.78, 5) is 13.7. The van der Waals surface area contributed by atoms with Crippen molar-refractivity contribution in [2.75, 3.05) is 43.4 Å². The van der Waals surface area contributed by atoms with Crippen molar-refractivity contribution in [1.82, 2.24) is 14.9 Å². The summed E-state index contributed by atoms with van der Waals surface area (Å²) >= 11 is 7.26. The smallest absolute Gasteiger partial charge is 0.404 e. The number of hydrogen-bond acceptors (Lipinski definition) is 7.